The fourth-order valence-electron chi connectivity index (χ4n) is 2.41. The standard InChI is InChI=1S/C17H18O2/c1-3-7-14(8-4-1)13-18-17-12-11-16(19-17)15-9-5-2-6-10-15/h1-10,16-17H,11-13H2. The van der Waals surface area contributed by atoms with Crippen molar-refractivity contribution in [2.45, 2.75) is 31.8 Å². The highest BCUT2D eigenvalue weighted by Crippen LogP contribution is 2.33. The lowest BCUT2D eigenvalue weighted by molar-refractivity contribution is -0.141. The topological polar surface area (TPSA) is 18.5 Å². The Bertz CT molecular complexity index is 495. The first-order valence-corrected chi connectivity index (χ1v) is 6.78. The fraction of sp³-hybridized carbons (Fsp3) is 0.294. The molecule has 0 spiro atoms. The highest BCUT2D eigenvalue weighted by molar-refractivity contribution is 5.18. The van der Waals surface area contributed by atoms with Gasteiger partial charge in [-0.3, -0.25) is 0 Å². The molecule has 1 fully saturated rings. The highest BCUT2D eigenvalue weighted by atomic mass is 16.7. The number of ether oxygens (including phenoxy) is 2. The first-order chi connectivity index (χ1) is 9.42. The maximum absolute atomic E-state index is 5.95. The van der Waals surface area contributed by atoms with E-state index in [2.05, 4.69) is 36.4 Å². The second-order valence-electron chi connectivity index (χ2n) is 4.84. The van der Waals surface area contributed by atoms with E-state index in [4.69, 9.17) is 9.47 Å². The lowest BCUT2D eigenvalue weighted by Crippen LogP contribution is -2.11. The minimum Gasteiger partial charge on any atom is -0.348 e. The molecule has 0 aliphatic carbocycles. The number of hydrogen-bond donors (Lipinski definition) is 0. The zero-order valence-electron chi connectivity index (χ0n) is 10.9. The summed E-state index contributed by atoms with van der Waals surface area (Å²) < 4.78 is 11.8. The summed E-state index contributed by atoms with van der Waals surface area (Å²) in [7, 11) is 0. The molecule has 0 saturated carbocycles. The smallest absolute Gasteiger partial charge is 0.158 e. The Morgan fingerprint density at radius 2 is 1.58 bits per heavy atom. The number of hydrogen-bond acceptors (Lipinski definition) is 2. The molecule has 0 bridgehead atoms. The summed E-state index contributed by atoms with van der Waals surface area (Å²) in [5.74, 6) is 0. The van der Waals surface area contributed by atoms with E-state index < -0.39 is 0 Å². The van der Waals surface area contributed by atoms with E-state index in [-0.39, 0.29) is 12.4 Å². The summed E-state index contributed by atoms with van der Waals surface area (Å²) in [6, 6.07) is 20.6. The van der Waals surface area contributed by atoms with Gasteiger partial charge in [-0.15, -0.1) is 0 Å². The van der Waals surface area contributed by atoms with E-state index in [0.717, 1.165) is 12.8 Å². The average Bonchev–Trinajstić information content (AvgIpc) is 2.96. The first kappa shape index (κ1) is 12.4. The summed E-state index contributed by atoms with van der Waals surface area (Å²) in [6.07, 6.45) is 2.10. The summed E-state index contributed by atoms with van der Waals surface area (Å²) in [6.45, 7) is 0.618. The summed E-state index contributed by atoms with van der Waals surface area (Å²) in [4.78, 5) is 0. The van der Waals surface area contributed by atoms with Crippen LogP contribution in [-0.4, -0.2) is 6.29 Å². The molecule has 3 rings (SSSR count). The van der Waals surface area contributed by atoms with E-state index in [1.165, 1.54) is 11.1 Å². The Morgan fingerprint density at radius 3 is 2.32 bits per heavy atom. The third-order valence-corrected chi connectivity index (χ3v) is 3.43. The van der Waals surface area contributed by atoms with Crippen LogP contribution in [-0.2, 0) is 16.1 Å². The normalized spacial score (nSPS) is 22.5. The van der Waals surface area contributed by atoms with Crippen LogP contribution in [0, 0.1) is 0 Å². The zero-order valence-corrected chi connectivity index (χ0v) is 10.9. The van der Waals surface area contributed by atoms with Gasteiger partial charge >= 0.3 is 0 Å². The Kier molecular flexibility index (Phi) is 3.92. The van der Waals surface area contributed by atoms with Crippen molar-refractivity contribution in [3.05, 3.63) is 71.8 Å². The monoisotopic (exact) mass is 254 g/mol. The Morgan fingerprint density at radius 1 is 0.895 bits per heavy atom. The van der Waals surface area contributed by atoms with Crippen molar-refractivity contribution in [2.75, 3.05) is 0 Å². The molecular formula is C17H18O2. The molecule has 2 atom stereocenters. The van der Waals surface area contributed by atoms with Crippen LogP contribution in [0.5, 0.6) is 0 Å². The van der Waals surface area contributed by atoms with Gasteiger partial charge in [0.15, 0.2) is 6.29 Å². The molecular weight excluding hydrogens is 236 g/mol. The maximum Gasteiger partial charge on any atom is 0.158 e. The van der Waals surface area contributed by atoms with Crippen LogP contribution in [0.15, 0.2) is 60.7 Å². The summed E-state index contributed by atoms with van der Waals surface area (Å²) in [5, 5.41) is 0. The summed E-state index contributed by atoms with van der Waals surface area (Å²) >= 11 is 0. The van der Waals surface area contributed by atoms with Crippen molar-refractivity contribution in [3.8, 4) is 0 Å². The molecule has 1 heterocycles. The summed E-state index contributed by atoms with van der Waals surface area (Å²) in [5.41, 5.74) is 2.43. The van der Waals surface area contributed by atoms with Gasteiger partial charge in [-0.25, -0.2) is 0 Å². The third-order valence-electron chi connectivity index (χ3n) is 3.43. The van der Waals surface area contributed by atoms with Gasteiger partial charge in [0.25, 0.3) is 0 Å². The molecule has 2 aromatic carbocycles. The molecule has 0 aromatic heterocycles. The molecule has 0 N–H and O–H groups in total. The Balaban J connectivity index is 1.52. The van der Waals surface area contributed by atoms with Crippen LogP contribution in [0.2, 0.25) is 0 Å². The Hall–Kier alpha value is -1.64. The first-order valence-electron chi connectivity index (χ1n) is 6.78. The second-order valence-corrected chi connectivity index (χ2v) is 4.84. The van der Waals surface area contributed by atoms with Crippen LogP contribution in [0.25, 0.3) is 0 Å². The van der Waals surface area contributed by atoms with Crippen LogP contribution in [0.3, 0.4) is 0 Å². The number of benzene rings is 2. The molecule has 2 nitrogen and oxygen atoms in total. The average molecular weight is 254 g/mol. The van der Waals surface area contributed by atoms with Crippen LogP contribution >= 0.6 is 0 Å². The maximum atomic E-state index is 5.95. The lowest BCUT2D eigenvalue weighted by Gasteiger charge is -2.14. The largest absolute Gasteiger partial charge is 0.348 e. The molecule has 0 amide bonds. The van der Waals surface area contributed by atoms with Gasteiger partial charge < -0.3 is 9.47 Å². The van der Waals surface area contributed by atoms with Gasteiger partial charge in [-0.1, -0.05) is 60.7 Å². The van der Waals surface area contributed by atoms with Crippen LogP contribution in [0.1, 0.15) is 30.1 Å². The molecule has 19 heavy (non-hydrogen) atoms. The van der Waals surface area contributed by atoms with Crippen molar-refractivity contribution < 1.29 is 9.47 Å². The van der Waals surface area contributed by atoms with E-state index in [9.17, 15) is 0 Å². The molecule has 2 unspecified atom stereocenters. The molecule has 2 aromatic rings. The zero-order chi connectivity index (χ0) is 12.9. The van der Waals surface area contributed by atoms with Gasteiger partial charge in [0.1, 0.15) is 0 Å². The van der Waals surface area contributed by atoms with Crippen LogP contribution < -0.4 is 0 Å². The van der Waals surface area contributed by atoms with E-state index in [1.54, 1.807) is 0 Å². The SMILES string of the molecule is c1ccc(COC2CCC(c3ccccc3)O2)cc1. The van der Waals surface area contributed by atoms with Crippen molar-refractivity contribution >= 4 is 0 Å². The molecule has 1 aliphatic rings. The van der Waals surface area contributed by atoms with Crippen molar-refractivity contribution in [2.24, 2.45) is 0 Å². The van der Waals surface area contributed by atoms with Crippen molar-refractivity contribution in [1.29, 1.82) is 0 Å². The third kappa shape index (κ3) is 3.22. The predicted molar refractivity (Wildman–Crippen MR) is 74.5 cm³/mol. The quantitative estimate of drug-likeness (QED) is 0.818. The lowest BCUT2D eigenvalue weighted by atomic mass is 10.1. The second kappa shape index (κ2) is 6.00. The molecule has 1 aliphatic heterocycles. The number of rotatable bonds is 4. The van der Waals surface area contributed by atoms with Gasteiger partial charge in [-0.05, 0) is 17.5 Å². The molecule has 2 heteroatoms. The fourth-order valence-corrected chi connectivity index (χ4v) is 2.41. The van der Waals surface area contributed by atoms with Crippen molar-refractivity contribution in [1.82, 2.24) is 0 Å². The van der Waals surface area contributed by atoms with Crippen LogP contribution in [0.4, 0.5) is 0 Å². The van der Waals surface area contributed by atoms with E-state index in [0.29, 0.717) is 6.61 Å². The highest BCUT2D eigenvalue weighted by Gasteiger charge is 2.26. The van der Waals surface area contributed by atoms with E-state index >= 15 is 0 Å². The minimum atomic E-state index is -0.0783. The van der Waals surface area contributed by atoms with Gasteiger partial charge in [0.05, 0.1) is 12.7 Å². The van der Waals surface area contributed by atoms with Gasteiger partial charge in [-0.2, -0.15) is 0 Å². The Labute approximate surface area is 114 Å². The predicted octanol–water partition coefficient (Wildman–Crippen LogP) is 4.08. The minimum absolute atomic E-state index is 0.0783. The van der Waals surface area contributed by atoms with E-state index in [1.807, 2.05) is 24.3 Å². The molecule has 1 saturated heterocycles. The molecule has 98 valence electrons. The van der Waals surface area contributed by atoms with Gasteiger partial charge in [0, 0.05) is 6.42 Å². The van der Waals surface area contributed by atoms with Crippen molar-refractivity contribution in [3.63, 3.8) is 0 Å². The molecule has 0 radical (unpaired) electrons. The van der Waals surface area contributed by atoms with Gasteiger partial charge in [0.2, 0.25) is 0 Å².